The van der Waals surface area contributed by atoms with Crippen LogP contribution >= 0.6 is 0 Å². The Hall–Kier alpha value is -2.04. The highest BCUT2D eigenvalue weighted by Gasteiger charge is 2.40. The number of amides is 2. The number of anilines is 1. The van der Waals surface area contributed by atoms with Gasteiger partial charge < -0.3 is 15.8 Å². The Morgan fingerprint density at radius 3 is 2.55 bits per heavy atom. The third-order valence-corrected chi connectivity index (χ3v) is 4.85. The first kappa shape index (κ1) is 14.9. The average molecular weight is 302 g/mol. The summed E-state index contributed by atoms with van der Waals surface area (Å²) in [5, 5.41) is 2.93. The van der Waals surface area contributed by atoms with Gasteiger partial charge in [0.15, 0.2) is 6.61 Å². The van der Waals surface area contributed by atoms with Crippen molar-refractivity contribution >= 4 is 17.5 Å². The van der Waals surface area contributed by atoms with E-state index in [2.05, 4.69) is 5.32 Å². The molecule has 2 bridgehead atoms. The maximum atomic E-state index is 12.1. The van der Waals surface area contributed by atoms with Crippen LogP contribution in [0, 0.1) is 17.8 Å². The van der Waals surface area contributed by atoms with Gasteiger partial charge in [0.05, 0.1) is 0 Å². The molecule has 2 saturated carbocycles. The van der Waals surface area contributed by atoms with Crippen molar-refractivity contribution < 1.29 is 14.3 Å². The van der Waals surface area contributed by atoms with E-state index < -0.39 is 5.91 Å². The molecule has 3 atom stereocenters. The van der Waals surface area contributed by atoms with Crippen molar-refractivity contribution in [3.05, 3.63) is 24.3 Å². The first-order valence-electron chi connectivity index (χ1n) is 7.91. The zero-order valence-electron chi connectivity index (χ0n) is 12.6. The number of nitrogens with two attached hydrogens (primary N) is 1. The van der Waals surface area contributed by atoms with Crippen LogP contribution in [-0.2, 0) is 9.59 Å². The lowest BCUT2D eigenvalue weighted by atomic mass is 9.86. The van der Waals surface area contributed by atoms with Crippen LogP contribution in [-0.4, -0.2) is 18.4 Å². The number of hydrogen-bond acceptors (Lipinski definition) is 3. The maximum absolute atomic E-state index is 12.1. The van der Waals surface area contributed by atoms with Crippen LogP contribution in [0.3, 0.4) is 0 Å². The molecule has 3 N–H and O–H groups in total. The molecule has 3 rings (SSSR count). The van der Waals surface area contributed by atoms with Crippen molar-refractivity contribution in [2.75, 3.05) is 11.9 Å². The molecule has 3 unspecified atom stereocenters. The number of fused-ring (bicyclic) bond motifs is 2. The van der Waals surface area contributed by atoms with Crippen LogP contribution in [0.5, 0.6) is 5.75 Å². The number of carbonyl (C=O) groups excluding carboxylic acids is 2. The Balaban J connectivity index is 1.48. The molecule has 5 heteroatoms. The molecule has 1 aromatic rings. The molecule has 0 saturated heterocycles. The second-order valence-electron chi connectivity index (χ2n) is 6.47. The molecule has 0 spiro atoms. The molecule has 2 fully saturated rings. The lowest BCUT2D eigenvalue weighted by Gasteiger charge is -2.20. The normalized spacial score (nSPS) is 25.9. The third kappa shape index (κ3) is 3.59. The summed E-state index contributed by atoms with van der Waals surface area (Å²) in [6.07, 6.45) is 5.83. The second kappa shape index (κ2) is 6.38. The fraction of sp³-hybridized carbons (Fsp3) is 0.529. The zero-order chi connectivity index (χ0) is 15.5. The summed E-state index contributed by atoms with van der Waals surface area (Å²) in [5.74, 6) is 2.33. The van der Waals surface area contributed by atoms with Crippen LogP contribution in [0.15, 0.2) is 24.3 Å². The highest BCUT2D eigenvalue weighted by molar-refractivity contribution is 5.90. The number of hydrogen-bond donors (Lipinski definition) is 2. The summed E-state index contributed by atoms with van der Waals surface area (Å²) in [4.78, 5) is 22.8. The minimum absolute atomic E-state index is 0.0864. The first-order chi connectivity index (χ1) is 10.6. The van der Waals surface area contributed by atoms with Gasteiger partial charge in [-0.3, -0.25) is 9.59 Å². The number of ether oxygens (including phenoxy) is 1. The van der Waals surface area contributed by atoms with E-state index in [-0.39, 0.29) is 12.5 Å². The molecular formula is C17H22N2O3. The van der Waals surface area contributed by atoms with Gasteiger partial charge in [-0.25, -0.2) is 0 Å². The van der Waals surface area contributed by atoms with Gasteiger partial charge in [-0.15, -0.1) is 0 Å². The number of primary amides is 1. The minimum Gasteiger partial charge on any atom is -0.484 e. The summed E-state index contributed by atoms with van der Waals surface area (Å²) in [6, 6.07) is 6.98. The van der Waals surface area contributed by atoms with Gasteiger partial charge in [-0.05, 0) is 61.3 Å². The van der Waals surface area contributed by atoms with Crippen molar-refractivity contribution in [2.24, 2.45) is 23.5 Å². The van der Waals surface area contributed by atoms with Gasteiger partial charge in [0.25, 0.3) is 5.91 Å². The van der Waals surface area contributed by atoms with Gasteiger partial charge in [0, 0.05) is 12.1 Å². The van der Waals surface area contributed by atoms with E-state index in [4.69, 9.17) is 10.5 Å². The van der Waals surface area contributed by atoms with Crippen molar-refractivity contribution in [3.8, 4) is 5.75 Å². The molecule has 0 aromatic heterocycles. The molecule has 0 heterocycles. The summed E-state index contributed by atoms with van der Waals surface area (Å²) in [7, 11) is 0. The molecular weight excluding hydrogens is 280 g/mol. The molecule has 0 radical (unpaired) electrons. The van der Waals surface area contributed by atoms with Gasteiger partial charge in [0.2, 0.25) is 5.91 Å². The Bertz CT molecular complexity index is 556. The molecule has 5 nitrogen and oxygen atoms in total. The summed E-state index contributed by atoms with van der Waals surface area (Å²) in [6.45, 7) is -0.143. The van der Waals surface area contributed by atoms with E-state index in [1.54, 1.807) is 24.3 Å². The predicted octanol–water partition coefficient (Wildman–Crippen LogP) is 2.32. The van der Waals surface area contributed by atoms with Crippen molar-refractivity contribution in [1.82, 2.24) is 0 Å². The smallest absolute Gasteiger partial charge is 0.255 e. The quantitative estimate of drug-likeness (QED) is 0.846. The van der Waals surface area contributed by atoms with Crippen molar-refractivity contribution in [1.29, 1.82) is 0 Å². The molecule has 1 aromatic carbocycles. The van der Waals surface area contributed by atoms with Crippen molar-refractivity contribution in [2.45, 2.75) is 32.1 Å². The maximum Gasteiger partial charge on any atom is 0.255 e. The lowest BCUT2D eigenvalue weighted by molar-refractivity contribution is -0.120. The number of carbonyl (C=O) groups is 2. The number of nitrogens with one attached hydrogen (secondary N) is 1. The van der Waals surface area contributed by atoms with E-state index in [0.717, 1.165) is 17.5 Å². The Morgan fingerprint density at radius 1 is 1.18 bits per heavy atom. The highest BCUT2D eigenvalue weighted by atomic mass is 16.5. The Labute approximate surface area is 130 Å². The molecule has 0 aliphatic heterocycles. The largest absolute Gasteiger partial charge is 0.484 e. The highest BCUT2D eigenvalue weighted by Crippen LogP contribution is 2.49. The molecule has 2 aliphatic rings. The molecule has 22 heavy (non-hydrogen) atoms. The van der Waals surface area contributed by atoms with Crippen LogP contribution in [0.1, 0.15) is 32.1 Å². The zero-order valence-corrected chi connectivity index (χ0v) is 12.6. The molecule has 2 amide bonds. The fourth-order valence-electron chi connectivity index (χ4n) is 3.87. The van der Waals surface area contributed by atoms with E-state index >= 15 is 0 Å². The summed E-state index contributed by atoms with van der Waals surface area (Å²) < 4.78 is 5.18. The predicted molar refractivity (Wildman–Crippen MR) is 83.3 cm³/mol. The van der Waals surface area contributed by atoms with E-state index in [0.29, 0.717) is 18.1 Å². The van der Waals surface area contributed by atoms with Gasteiger partial charge in [-0.1, -0.05) is 6.42 Å². The number of benzene rings is 1. The summed E-state index contributed by atoms with van der Waals surface area (Å²) in [5.41, 5.74) is 5.77. The lowest BCUT2D eigenvalue weighted by Crippen LogP contribution is -2.20. The summed E-state index contributed by atoms with van der Waals surface area (Å²) >= 11 is 0. The number of rotatable bonds is 6. The fourth-order valence-corrected chi connectivity index (χ4v) is 3.87. The SMILES string of the molecule is NC(=O)COc1ccc(NC(=O)CC2CC3CCC2C3)cc1. The second-order valence-corrected chi connectivity index (χ2v) is 6.47. The standard InChI is InChI=1S/C17H22N2O3/c18-16(20)10-22-15-5-3-14(4-6-15)19-17(21)9-13-8-11-1-2-12(13)7-11/h3-6,11-13H,1-2,7-10H2,(H2,18,20)(H,19,21). The van der Waals surface area contributed by atoms with E-state index in [9.17, 15) is 9.59 Å². The average Bonchev–Trinajstić information content (AvgIpc) is 3.09. The van der Waals surface area contributed by atoms with E-state index in [1.807, 2.05) is 0 Å². The minimum atomic E-state index is -0.511. The first-order valence-corrected chi connectivity index (χ1v) is 7.91. The Kier molecular flexibility index (Phi) is 4.32. The van der Waals surface area contributed by atoms with Crippen LogP contribution in [0.25, 0.3) is 0 Å². The van der Waals surface area contributed by atoms with Crippen LogP contribution in [0.2, 0.25) is 0 Å². The van der Waals surface area contributed by atoms with E-state index in [1.165, 1.54) is 25.7 Å². The van der Waals surface area contributed by atoms with Gasteiger partial charge >= 0.3 is 0 Å². The van der Waals surface area contributed by atoms with Crippen LogP contribution in [0.4, 0.5) is 5.69 Å². The van der Waals surface area contributed by atoms with Gasteiger partial charge in [0.1, 0.15) is 5.75 Å². The topological polar surface area (TPSA) is 81.4 Å². The third-order valence-electron chi connectivity index (χ3n) is 4.85. The molecule has 118 valence electrons. The van der Waals surface area contributed by atoms with Crippen LogP contribution < -0.4 is 15.8 Å². The van der Waals surface area contributed by atoms with Gasteiger partial charge in [-0.2, -0.15) is 0 Å². The Morgan fingerprint density at radius 2 is 1.95 bits per heavy atom. The van der Waals surface area contributed by atoms with Crippen molar-refractivity contribution in [3.63, 3.8) is 0 Å². The molecule has 2 aliphatic carbocycles. The monoisotopic (exact) mass is 302 g/mol.